The van der Waals surface area contributed by atoms with Crippen LogP contribution in [0.1, 0.15) is 10.4 Å². The molecule has 104 valence electrons. The smallest absolute Gasteiger partial charge is 0.365 e. The molecule has 19 heavy (non-hydrogen) atoms. The number of rotatable bonds is 1. The number of H-pyrrole nitrogens is 1. The third-order valence-electron chi connectivity index (χ3n) is 2.67. The highest BCUT2D eigenvalue weighted by Crippen LogP contribution is 2.25. The molecule has 0 unspecified atom stereocenters. The molecule has 1 aromatic rings. The minimum absolute atomic E-state index is 0.000250. The Bertz CT molecular complexity index is 528. The van der Waals surface area contributed by atoms with Gasteiger partial charge in [-0.15, -0.1) is 0 Å². The molecule has 1 saturated heterocycles. The van der Waals surface area contributed by atoms with Crippen LogP contribution >= 0.6 is 0 Å². The number of aromatic nitrogens is 2. The zero-order valence-electron chi connectivity index (χ0n) is 9.61. The van der Waals surface area contributed by atoms with E-state index in [0.29, 0.717) is 0 Å². The maximum absolute atomic E-state index is 12.5. The van der Waals surface area contributed by atoms with Crippen LogP contribution in [0.4, 0.5) is 13.2 Å². The van der Waals surface area contributed by atoms with Crippen molar-refractivity contribution in [3.8, 4) is 0 Å². The van der Waals surface area contributed by atoms with Gasteiger partial charge in [-0.2, -0.15) is 13.2 Å². The Hall–Kier alpha value is -1.90. The predicted molar refractivity (Wildman–Crippen MR) is 56.6 cm³/mol. The molecule has 1 N–H and O–H groups in total. The van der Waals surface area contributed by atoms with E-state index >= 15 is 0 Å². The number of nitrogens with zero attached hydrogens (tertiary/aromatic N) is 2. The fourth-order valence-electron chi connectivity index (χ4n) is 1.70. The van der Waals surface area contributed by atoms with Gasteiger partial charge in [0, 0.05) is 12.7 Å². The van der Waals surface area contributed by atoms with Crippen LogP contribution in [0.3, 0.4) is 0 Å². The Labute approximate surface area is 105 Å². The Morgan fingerprint density at radius 1 is 1.53 bits per heavy atom. The van der Waals surface area contributed by atoms with Crippen molar-refractivity contribution in [1.29, 1.82) is 0 Å². The van der Waals surface area contributed by atoms with Gasteiger partial charge in [0.2, 0.25) is 0 Å². The van der Waals surface area contributed by atoms with Crippen LogP contribution in [0.25, 0.3) is 0 Å². The van der Waals surface area contributed by atoms with Gasteiger partial charge in [0.25, 0.3) is 11.5 Å². The lowest BCUT2D eigenvalue weighted by atomic mass is 10.2. The van der Waals surface area contributed by atoms with Crippen molar-refractivity contribution in [3.63, 3.8) is 0 Å². The van der Waals surface area contributed by atoms with E-state index in [9.17, 15) is 22.8 Å². The molecule has 1 aliphatic heterocycles. The van der Waals surface area contributed by atoms with Crippen molar-refractivity contribution >= 4 is 5.91 Å². The summed E-state index contributed by atoms with van der Waals surface area (Å²) < 4.78 is 42.1. The van der Waals surface area contributed by atoms with Gasteiger partial charge in [0.05, 0.1) is 19.5 Å². The lowest BCUT2D eigenvalue weighted by Crippen LogP contribution is -2.51. The average molecular weight is 277 g/mol. The summed E-state index contributed by atoms with van der Waals surface area (Å²) >= 11 is 0. The Morgan fingerprint density at radius 3 is 2.89 bits per heavy atom. The largest absolute Gasteiger partial charge is 0.416 e. The highest BCUT2D eigenvalue weighted by atomic mass is 19.4. The number of carbonyl (C=O) groups is 1. The molecule has 0 saturated carbocycles. The highest BCUT2D eigenvalue weighted by Gasteiger charge is 2.44. The Balaban J connectivity index is 2.16. The second kappa shape index (κ2) is 5.00. The van der Waals surface area contributed by atoms with E-state index in [4.69, 9.17) is 0 Å². The number of aromatic amines is 1. The second-order valence-corrected chi connectivity index (χ2v) is 3.95. The lowest BCUT2D eigenvalue weighted by Gasteiger charge is -2.33. The summed E-state index contributed by atoms with van der Waals surface area (Å²) in [5.41, 5.74) is -0.972. The monoisotopic (exact) mass is 277 g/mol. The zero-order valence-corrected chi connectivity index (χ0v) is 9.61. The maximum Gasteiger partial charge on any atom is 0.416 e. The summed E-state index contributed by atoms with van der Waals surface area (Å²) in [5.74, 6) is -0.785. The number of nitrogens with one attached hydrogen (secondary N) is 1. The summed E-state index contributed by atoms with van der Waals surface area (Å²) in [4.78, 5) is 30.0. The first-order valence-electron chi connectivity index (χ1n) is 5.40. The van der Waals surface area contributed by atoms with Crippen LogP contribution in [0.2, 0.25) is 0 Å². The first-order chi connectivity index (χ1) is 8.89. The van der Waals surface area contributed by atoms with E-state index in [-0.39, 0.29) is 18.7 Å². The van der Waals surface area contributed by atoms with Crippen LogP contribution in [-0.2, 0) is 4.74 Å². The summed E-state index contributed by atoms with van der Waals surface area (Å²) in [6.45, 7) is -0.857. The molecule has 0 radical (unpaired) electrons. The number of halogens is 3. The molecule has 1 fully saturated rings. The minimum atomic E-state index is -4.54. The minimum Gasteiger partial charge on any atom is -0.365 e. The number of hydrogen-bond donors (Lipinski definition) is 1. The SMILES string of the molecule is O=C(c1cnc[nH]c1=O)N1CCO[C@@H](C(F)(F)F)C1. The van der Waals surface area contributed by atoms with E-state index in [1.54, 1.807) is 0 Å². The second-order valence-electron chi connectivity index (χ2n) is 3.95. The summed E-state index contributed by atoms with van der Waals surface area (Å²) in [7, 11) is 0. The van der Waals surface area contributed by atoms with Gasteiger partial charge in [-0.1, -0.05) is 0 Å². The van der Waals surface area contributed by atoms with E-state index in [0.717, 1.165) is 17.4 Å². The van der Waals surface area contributed by atoms with E-state index in [1.165, 1.54) is 0 Å². The highest BCUT2D eigenvalue weighted by molar-refractivity contribution is 5.93. The van der Waals surface area contributed by atoms with Crippen LogP contribution in [0, 0.1) is 0 Å². The molecule has 6 nitrogen and oxygen atoms in total. The van der Waals surface area contributed by atoms with Crippen molar-refractivity contribution in [2.45, 2.75) is 12.3 Å². The maximum atomic E-state index is 12.5. The van der Waals surface area contributed by atoms with Gasteiger partial charge in [-0.05, 0) is 0 Å². The van der Waals surface area contributed by atoms with Crippen LogP contribution < -0.4 is 5.56 Å². The first kappa shape index (κ1) is 13.5. The van der Waals surface area contributed by atoms with Crippen molar-refractivity contribution in [3.05, 3.63) is 28.4 Å². The van der Waals surface area contributed by atoms with Gasteiger partial charge in [-0.3, -0.25) is 9.59 Å². The molecule has 0 bridgehead atoms. The quantitative estimate of drug-likeness (QED) is 0.794. The number of carbonyl (C=O) groups excluding carboxylic acids is 1. The first-order valence-corrected chi connectivity index (χ1v) is 5.40. The van der Waals surface area contributed by atoms with Gasteiger partial charge in [0.15, 0.2) is 6.10 Å². The molecular formula is C10H10F3N3O3. The number of amides is 1. The van der Waals surface area contributed by atoms with Crippen LogP contribution in [-0.4, -0.2) is 52.8 Å². The Morgan fingerprint density at radius 2 is 2.26 bits per heavy atom. The Kier molecular flexibility index (Phi) is 3.56. The normalized spacial score (nSPS) is 20.4. The third kappa shape index (κ3) is 2.92. The third-order valence-corrected chi connectivity index (χ3v) is 2.67. The van der Waals surface area contributed by atoms with Gasteiger partial charge in [0.1, 0.15) is 5.56 Å². The fourth-order valence-corrected chi connectivity index (χ4v) is 1.70. The van der Waals surface area contributed by atoms with E-state index in [2.05, 4.69) is 14.7 Å². The molecule has 0 aromatic carbocycles. The lowest BCUT2D eigenvalue weighted by molar-refractivity contribution is -0.233. The molecule has 9 heteroatoms. The standard InChI is InChI=1S/C10H10F3N3O3/c11-10(12,13)7-4-16(1-2-19-7)9(18)6-3-14-5-15-8(6)17/h3,5,7H,1-2,4H2,(H,14,15,17)/t7-/m1/s1. The molecule has 2 heterocycles. The molecule has 0 spiro atoms. The molecule has 0 aliphatic carbocycles. The summed E-state index contributed by atoms with van der Waals surface area (Å²) in [6, 6.07) is 0. The van der Waals surface area contributed by atoms with Gasteiger partial charge < -0.3 is 14.6 Å². The van der Waals surface area contributed by atoms with Crippen molar-refractivity contribution in [1.82, 2.24) is 14.9 Å². The topological polar surface area (TPSA) is 75.3 Å². The predicted octanol–water partition coefficient (Wildman–Crippen LogP) is 0.173. The fraction of sp³-hybridized carbons (Fsp3) is 0.500. The molecule has 1 aromatic heterocycles. The summed E-state index contributed by atoms with van der Waals surface area (Å²) in [6.07, 6.45) is -4.45. The van der Waals surface area contributed by atoms with Crippen LogP contribution in [0.5, 0.6) is 0 Å². The van der Waals surface area contributed by atoms with E-state index in [1.807, 2.05) is 0 Å². The van der Waals surface area contributed by atoms with Crippen molar-refractivity contribution < 1.29 is 22.7 Å². The average Bonchev–Trinajstić information content (AvgIpc) is 2.38. The number of morpholine rings is 1. The van der Waals surface area contributed by atoms with Crippen molar-refractivity contribution in [2.24, 2.45) is 0 Å². The summed E-state index contributed by atoms with van der Waals surface area (Å²) in [5, 5.41) is 0. The molecule has 1 atom stereocenters. The molecule has 1 amide bonds. The van der Waals surface area contributed by atoms with Gasteiger partial charge >= 0.3 is 6.18 Å². The molecule has 1 aliphatic rings. The number of hydrogen-bond acceptors (Lipinski definition) is 4. The van der Waals surface area contributed by atoms with Gasteiger partial charge in [-0.25, -0.2) is 4.98 Å². The van der Waals surface area contributed by atoms with Crippen molar-refractivity contribution in [2.75, 3.05) is 19.7 Å². The number of alkyl halides is 3. The zero-order chi connectivity index (χ0) is 14.0. The van der Waals surface area contributed by atoms with Crippen LogP contribution in [0.15, 0.2) is 17.3 Å². The molecular weight excluding hydrogens is 267 g/mol. The van der Waals surface area contributed by atoms with E-state index < -0.39 is 30.3 Å². The molecule has 2 rings (SSSR count). The number of ether oxygens (including phenoxy) is 1.